The van der Waals surface area contributed by atoms with Crippen molar-refractivity contribution in [3.63, 3.8) is 0 Å². The molecule has 0 saturated carbocycles. The second-order valence-electron chi connectivity index (χ2n) is 5.26. The van der Waals surface area contributed by atoms with E-state index >= 15 is 0 Å². The standard InChI is InChI=1S/C14H21N3O3/c1-5-6-16-8-13(18)17(10(3)14(16)19)7-12-9(2)15-20-11(12)4/h10H,5-8H2,1-4H3/t10-/m1/s1. The monoisotopic (exact) mass is 279 g/mol. The van der Waals surface area contributed by atoms with Crippen molar-refractivity contribution in [2.45, 2.75) is 46.7 Å². The quantitative estimate of drug-likeness (QED) is 0.832. The Labute approximate surface area is 118 Å². The zero-order valence-electron chi connectivity index (χ0n) is 12.5. The van der Waals surface area contributed by atoms with Gasteiger partial charge in [-0.15, -0.1) is 0 Å². The fraction of sp³-hybridized carbons (Fsp3) is 0.643. The van der Waals surface area contributed by atoms with Gasteiger partial charge in [-0.3, -0.25) is 9.59 Å². The summed E-state index contributed by atoms with van der Waals surface area (Å²) in [5.74, 6) is 0.690. The van der Waals surface area contributed by atoms with E-state index < -0.39 is 6.04 Å². The normalized spacial score (nSPS) is 19.9. The Kier molecular flexibility index (Phi) is 4.11. The lowest BCUT2D eigenvalue weighted by Gasteiger charge is -2.38. The number of nitrogens with zero attached hydrogens (tertiary/aromatic N) is 3. The Morgan fingerprint density at radius 3 is 2.60 bits per heavy atom. The van der Waals surface area contributed by atoms with Crippen LogP contribution in [0.4, 0.5) is 0 Å². The maximum atomic E-state index is 12.3. The molecule has 0 spiro atoms. The lowest BCUT2D eigenvalue weighted by atomic mass is 10.1. The number of piperazine rings is 1. The molecule has 0 unspecified atom stereocenters. The second kappa shape index (κ2) is 5.64. The minimum Gasteiger partial charge on any atom is -0.361 e. The predicted molar refractivity (Wildman–Crippen MR) is 72.9 cm³/mol. The summed E-state index contributed by atoms with van der Waals surface area (Å²) in [7, 11) is 0. The fourth-order valence-electron chi connectivity index (χ4n) is 2.53. The van der Waals surface area contributed by atoms with Gasteiger partial charge in [-0.05, 0) is 27.2 Å². The van der Waals surface area contributed by atoms with Gasteiger partial charge in [0.15, 0.2) is 0 Å². The highest BCUT2D eigenvalue weighted by Gasteiger charge is 2.36. The molecule has 0 radical (unpaired) electrons. The van der Waals surface area contributed by atoms with Crippen molar-refractivity contribution < 1.29 is 14.1 Å². The molecule has 1 fully saturated rings. The van der Waals surface area contributed by atoms with Crippen LogP contribution in [0.1, 0.15) is 37.3 Å². The van der Waals surface area contributed by atoms with Gasteiger partial charge in [0.1, 0.15) is 11.8 Å². The largest absolute Gasteiger partial charge is 0.361 e. The van der Waals surface area contributed by atoms with Gasteiger partial charge in [-0.25, -0.2) is 0 Å². The first-order valence-electron chi connectivity index (χ1n) is 6.95. The van der Waals surface area contributed by atoms with Gasteiger partial charge in [-0.2, -0.15) is 0 Å². The molecule has 2 amide bonds. The van der Waals surface area contributed by atoms with E-state index in [0.29, 0.717) is 18.8 Å². The van der Waals surface area contributed by atoms with Gasteiger partial charge in [0, 0.05) is 12.1 Å². The van der Waals surface area contributed by atoms with Crippen molar-refractivity contribution in [1.82, 2.24) is 15.0 Å². The van der Waals surface area contributed by atoms with E-state index in [1.54, 1.807) is 16.7 Å². The summed E-state index contributed by atoms with van der Waals surface area (Å²) in [6, 6.07) is -0.434. The third-order valence-electron chi connectivity index (χ3n) is 3.79. The number of carbonyl (C=O) groups excluding carboxylic acids is 2. The molecule has 1 aromatic heterocycles. The van der Waals surface area contributed by atoms with Gasteiger partial charge < -0.3 is 14.3 Å². The van der Waals surface area contributed by atoms with Crippen LogP contribution >= 0.6 is 0 Å². The number of carbonyl (C=O) groups is 2. The van der Waals surface area contributed by atoms with E-state index in [2.05, 4.69) is 5.16 Å². The molecule has 1 aromatic rings. The summed E-state index contributed by atoms with van der Waals surface area (Å²) >= 11 is 0. The fourth-order valence-corrected chi connectivity index (χ4v) is 2.53. The first-order valence-corrected chi connectivity index (χ1v) is 6.95. The summed E-state index contributed by atoms with van der Waals surface area (Å²) in [5.41, 5.74) is 1.66. The van der Waals surface area contributed by atoms with Crippen molar-refractivity contribution in [2.75, 3.05) is 13.1 Å². The van der Waals surface area contributed by atoms with Crippen molar-refractivity contribution in [2.24, 2.45) is 0 Å². The molecule has 1 atom stereocenters. The molecule has 110 valence electrons. The third-order valence-corrected chi connectivity index (χ3v) is 3.79. The van der Waals surface area contributed by atoms with Crippen LogP contribution in [0.15, 0.2) is 4.52 Å². The Balaban J connectivity index is 2.17. The number of aryl methyl sites for hydroxylation is 2. The van der Waals surface area contributed by atoms with Crippen molar-refractivity contribution in [3.8, 4) is 0 Å². The highest BCUT2D eigenvalue weighted by atomic mass is 16.5. The van der Waals surface area contributed by atoms with Gasteiger partial charge >= 0.3 is 0 Å². The molecular formula is C14H21N3O3. The Bertz CT molecular complexity index is 504. The second-order valence-corrected chi connectivity index (χ2v) is 5.26. The van der Waals surface area contributed by atoms with E-state index in [1.807, 2.05) is 20.8 Å². The Hall–Kier alpha value is -1.85. The smallest absolute Gasteiger partial charge is 0.245 e. The minimum absolute atomic E-state index is 0.0122. The molecule has 1 aliphatic heterocycles. The highest BCUT2D eigenvalue weighted by Crippen LogP contribution is 2.20. The first kappa shape index (κ1) is 14.6. The van der Waals surface area contributed by atoms with Crippen LogP contribution < -0.4 is 0 Å². The SMILES string of the molecule is CCCN1CC(=O)N(Cc2c(C)noc2C)[C@H](C)C1=O. The topological polar surface area (TPSA) is 66.7 Å². The van der Waals surface area contributed by atoms with Crippen molar-refractivity contribution in [1.29, 1.82) is 0 Å². The number of hydrogen-bond acceptors (Lipinski definition) is 4. The van der Waals surface area contributed by atoms with Crippen molar-refractivity contribution in [3.05, 3.63) is 17.0 Å². The van der Waals surface area contributed by atoms with Crippen molar-refractivity contribution >= 4 is 11.8 Å². The molecule has 2 rings (SSSR count). The molecule has 1 saturated heterocycles. The molecule has 6 heteroatoms. The van der Waals surface area contributed by atoms with Gasteiger partial charge in [0.05, 0.1) is 18.8 Å². The summed E-state index contributed by atoms with van der Waals surface area (Å²) in [4.78, 5) is 27.8. The maximum Gasteiger partial charge on any atom is 0.245 e. The van der Waals surface area contributed by atoms with E-state index in [-0.39, 0.29) is 18.4 Å². The molecular weight excluding hydrogens is 258 g/mol. The summed E-state index contributed by atoms with van der Waals surface area (Å²) < 4.78 is 5.11. The molecule has 0 N–H and O–H groups in total. The summed E-state index contributed by atoms with van der Waals surface area (Å²) in [6.45, 7) is 8.62. The summed E-state index contributed by atoms with van der Waals surface area (Å²) in [5, 5.41) is 3.89. The number of hydrogen-bond donors (Lipinski definition) is 0. The van der Waals surface area contributed by atoms with Gasteiger partial charge in [0.2, 0.25) is 11.8 Å². The van der Waals surface area contributed by atoms with E-state index in [4.69, 9.17) is 4.52 Å². The van der Waals surface area contributed by atoms with Crippen LogP contribution in [0.5, 0.6) is 0 Å². The number of amides is 2. The highest BCUT2D eigenvalue weighted by molar-refractivity contribution is 5.94. The van der Waals surface area contributed by atoms with Gasteiger partial charge in [0.25, 0.3) is 0 Å². The average molecular weight is 279 g/mol. The molecule has 2 heterocycles. The zero-order chi connectivity index (χ0) is 14.9. The Morgan fingerprint density at radius 2 is 2.05 bits per heavy atom. The van der Waals surface area contributed by atoms with Crippen LogP contribution in [0.3, 0.4) is 0 Å². The van der Waals surface area contributed by atoms with E-state index in [9.17, 15) is 9.59 Å². The van der Waals surface area contributed by atoms with E-state index in [1.165, 1.54) is 0 Å². The van der Waals surface area contributed by atoms with Crippen LogP contribution in [-0.2, 0) is 16.1 Å². The molecule has 0 aromatic carbocycles. The van der Waals surface area contributed by atoms with Gasteiger partial charge in [-0.1, -0.05) is 12.1 Å². The van der Waals surface area contributed by atoms with E-state index in [0.717, 1.165) is 17.7 Å². The zero-order valence-corrected chi connectivity index (χ0v) is 12.5. The predicted octanol–water partition coefficient (Wildman–Crippen LogP) is 1.26. The molecule has 0 bridgehead atoms. The molecule has 1 aliphatic rings. The minimum atomic E-state index is -0.434. The molecule has 0 aliphatic carbocycles. The van der Waals surface area contributed by atoms with Crippen LogP contribution in [-0.4, -0.2) is 45.9 Å². The average Bonchev–Trinajstić information content (AvgIpc) is 2.72. The lowest BCUT2D eigenvalue weighted by Crippen LogP contribution is -2.58. The Morgan fingerprint density at radius 1 is 1.35 bits per heavy atom. The van der Waals surface area contributed by atoms with Crippen LogP contribution in [0.25, 0.3) is 0 Å². The van der Waals surface area contributed by atoms with Crippen LogP contribution in [0, 0.1) is 13.8 Å². The first-order chi connectivity index (χ1) is 9.45. The third kappa shape index (κ3) is 2.55. The number of rotatable bonds is 4. The van der Waals surface area contributed by atoms with Crippen LogP contribution in [0.2, 0.25) is 0 Å². The summed E-state index contributed by atoms with van der Waals surface area (Å²) in [6.07, 6.45) is 0.857. The molecule has 20 heavy (non-hydrogen) atoms. The number of aromatic nitrogens is 1. The lowest BCUT2D eigenvalue weighted by molar-refractivity contribution is -0.155. The molecule has 6 nitrogen and oxygen atoms in total. The maximum absolute atomic E-state index is 12.3.